The molecule has 4 aromatic carbocycles. The predicted octanol–water partition coefficient (Wildman–Crippen LogP) is 11.9. The van der Waals surface area contributed by atoms with E-state index in [2.05, 4.69) is 143 Å². The third-order valence-corrected chi connectivity index (χ3v) is 10.6. The van der Waals surface area contributed by atoms with E-state index in [-0.39, 0.29) is 41.8 Å². The van der Waals surface area contributed by atoms with Gasteiger partial charge in [0.25, 0.3) is 0 Å². The van der Waals surface area contributed by atoms with Crippen molar-refractivity contribution in [1.29, 1.82) is 0 Å². The molecule has 2 aliphatic rings. The van der Waals surface area contributed by atoms with Crippen molar-refractivity contribution in [2.24, 2.45) is 5.92 Å². The Morgan fingerprint density at radius 1 is 0.521 bits per heavy atom. The summed E-state index contributed by atoms with van der Waals surface area (Å²) in [6.07, 6.45) is 18.1. The normalized spacial score (nSPS) is 16.9. The Hall–Kier alpha value is -2.58. The molecule has 1 atom stereocenters. The van der Waals surface area contributed by atoms with Crippen molar-refractivity contribution in [3.8, 4) is 11.1 Å². The average Bonchev–Trinajstić information content (AvgIpc) is 3.33. The fraction of sp³-hybridized carbons (Fsp3) is 0.378. The Kier molecular flexibility index (Phi) is 22.0. The molecule has 1 nitrogen and oxygen atoms in total. The number of allylic oxidation sites excluding steroid dienone is 4. The van der Waals surface area contributed by atoms with E-state index in [0.717, 1.165) is 12.8 Å². The topological polar surface area (TPSA) is 23.8 Å². The number of nitrogens with one attached hydrogen (secondary N) is 1. The van der Waals surface area contributed by atoms with E-state index in [4.69, 9.17) is 5.73 Å². The molecule has 0 bridgehead atoms. The van der Waals surface area contributed by atoms with Gasteiger partial charge >= 0.3 is 26.2 Å². The maximum atomic E-state index is 7.80. The summed E-state index contributed by atoms with van der Waals surface area (Å²) >= 11 is 0. The molecule has 1 fully saturated rings. The number of rotatable bonds is 3. The first kappa shape index (κ1) is 41.6. The molecule has 0 aromatic heterocycles. The number of benzene rings is 4. The van der Waals surface area contributed by atoms with Crippen LogP contribution in [0.25, 0.3) is 16.9 Å². The second-order valence-corrected chi connectivity index (χ2v) is 14.6. The summed E-state index contributed by atoms with van der Waals surface area (Å²) in [5, 5.41) is 2.90. The van der Waals surface area contributed by atoms with Gasteiger partial charge < -0.3 is 5.73 Å². The molecule has 251 valence electrons. The molecule has 0 amide bonds. The fourth-order valence-electron chi connectivity index (χ4n) is 5.88. The van der Waals surface area contributed by atoms with E-state index in [0.29, 0.717) is 5.92 Å². The van der Waals surface area contributed by atoms with Gasteiger partial charge in [-0.05, 0) is 11.1 Å². The maximum absolute atomic E-state index is 7.80. The van der Waals surface area contributed by atoms with E-state index >= 15 is 0 Å². The van der Waals surface area contributed by atoms with Crippen molar-refractivity contribution in [2.45, 2.75) is 104 Å². The van der Waals surface area contributed by atoms with E-state index in [1.807, 2.05) is 12.1 Å². The first-order chi connectivity index (χ1) is 22.9. The van der Waals surface area contributed by atoms with Gasteiger partial charge in [0.2, 0.25) is 0 Å². The number of hydrogen-bond donors (Lipinski definition) is 0. The van der Waals surface area contributed by atoms with Crippen LogP contribution in [0.1, 0.15) is 98.3 Å². The minimum atomic E-state index is 0. The van der Waals surface area contributed by atoms with Gasteiger partial charge in [0.15, 0.2) is 0 Å². The zero-order chi connectivity index (χ0) is 33.5. The van der Waals surface area contributed by atoms with Crippen LogP contribution in [-0.4, -0.2) is 15.6 Å². The fourth-order valence-corrected chi connectivity index (χ4v) is 7.09. The van der Waals surface area contributed by atoms with E-state index < -0.39 is 0 Å². The SMILES string of the molecule is CC1=[C-]C(C)C(C)=C1C.[NH-]C1CCCCCCCCCCC1.[Zr+2].c1ccc(-c2ccccc2)cc1.c1ccc([SiH]c2ccccc2)cc1. The molecule has 4 aromatic rings. The smallest absolute Gasteiger partial charge is 0.675 e. The van der Waals surface area contributed by atoms with Crippen molar-refractivity contribution < 1.29 is 26.2 Å². The second kappa shape index (κ2) is 25.4. The Morgan fingerprint density at radius 2 is 0.854 bits per heavy atom. The van der Waals surface area contributed by atoms with Crippen molar-refractivity contribution in [3.05, 3.63) is 150 Å². The number of hydrogen-bond acceptors (Lipinski definition) is 0. The third kappa shape index (κ3) is 17.2. The Morgan fingerprint density at radius 3 is 1.15 bits per heavy atom. The summed E-state index contributed by atoms with van der Waals surface area (Å²) in [5.74, 6) is 0.560. The average molecular weight is 732 g/mol. The minimum Gasteiger partial charge on any atom is -0.675 e. The van der Waals surface area contributed by atoms with Gasteiger partial charge in [-0.1, -0.05) is 229 Å². The minimum absolute atomic E-state index is 0. The molecule has 6 rings (SSSR count). The van der Waals surface area contributed by atoms with Crippen LogP contribution in [0.4, 0.5) is 0 Å². The largest absolute Gasteiger partial charge is 2.00 e. The van der Waals surface area contributed by atoms with E-state index in [9.17, 15) is 0 Å². The zero-order valence-electron chi connectivity index (χ0n) is 30.1. The summed E-state index contributed by atoms with van der Waals surface area (Å²) in [6.45, 7) is 8.67. The molecular formula is C45H58NSiZr. The van der Waals surface area contributed by atoms with Crippen molar-refractivity contribution in [2.75, 3.05) is 0 Å². The summed E-state index contributed by atoms with van der Waals surface area (Å²) in [7, 11) is 0.271. The molecule has 1 unspecified atom stereocenters. The summed E-state index contributed by atoms with van der Waals surface area (Å²) in [6, 6.07) is 42.4. The van der Waals surface area contributed by atoms with Crippen LogP contribution in [0.3, 0.4) is 0 Å². The zero-order valence-corrected chi connectivity index (χ0v) is 33.7. The van der Waals surface area contributed by atoms with E-state index in [1.54, 1.807) is 0 Å². The standard InChI is InChI=1S/C12H24N.C12H11Si.C12H10.C9H13.Zr/c13-12-10-8-6-4-2-1-3-5-7-9-11-12;1-3-7-11(8-4-1)13-12-9-5-2-6-10-12;1-3-7-11(8-4-1)12-9-5-2-6-10-12;1-6-5-7(2)9(4)8(6)3;/h12-13H,1-11H2;1-10,13H;1-10H;6H,1-4H3;/q-1;;;-1;+2. The van der Waals surface area contributed by atoms with Crippen LogP contribution in [0.15, 0.2) is 138 Å². The molecule has 2 aliphatic carbocycles. The second-order valence-electron chi connectivity index (χ2n) is 13.0. The first-order valence-electron chi connectivity index (χ1n) is 18.0. The molecule has 0 heterocycles. The Balaban J connectivity index is 0.000000223. The molecule has 48 heavy (non-hydrogen) atoms. The molecule has 1 N–H and O–H groups in total. The van der Waals surface area contributed by atoms with Gasteiger partial charge in [-0.3, -0.25) is 6.08 Å². The van der Waals surface area contributed by atoms with Gasteiger partial charge in [0.05, 0.1) is 0 Å². The van der Waals surface area contributed by atoms with E-state index in [1.165, 1.54) is 96.0 Å². The Labute approximate surface area is 315 Å². The molecule has 3 heteroatoms. The summed E-state index contributed by atoms with van der Waals surface area (Å²) < 4.78 is 0. The molecule has 0 spiro atoms. The van der Waals surface area contributed by atoms with Crippen molar-refractivity contribution >= 4 is 19.9 Å². The molecule has 1 saturated carbocycles. The van der Waals surface area contributed by atoms with Gasteiger partial charge in [-0.25, -0.2) is 5.57 Å². The van der Waals surface area contributed by atoms with Crippen LogP contribution in [-0.2, 0) is 26.2 Å². The Bertz CT molecular complexity index is 1330. The van der Waals surface area contributed by atoms with Gasteiger partial charge in [0.1, 0.15) is 9.52 Å². The third-order valence-electron chi connectivity index (χ3n) is 9.16. The molecule has 0 aliphatic heterocycles. The monoisotopic (exact) mass is 730 g/mol. The van der Waals surface area contributed by atoms with Crippen molar-refractivity contribution in [3.63, 3.8) is 0 Å². The quantitative estimate of drug-likeness (QED) is 0.148. The summed E-state index contributed by atoms with van der Waals surface area (Å²) in [5.41, 5.74) is 14.6. The first-order valence-corrected chi connectivity index (χ1v) is 19.1. The molecule has 0 saturated heterocycles. The maximum Gasteiger partial charge on any atom is 2.00 e. The molecule has 1 radical (unpaired) electrons. The molecular weight excluding hydrogens is 674 g/mol. The summed E-state index contributed by atoms with van der Waals surface area (Å²) in [4.78, 5) is 0. The van der Waals surface area contributed by atoms with Gasteiger partial charge in [0, 0.05) is 0 Å². The predicted molar refractivity (Wildman–Crippen MR) is 210 cm³/mol. The van der Waals surface area contributed by atoms with Gasteiger partial charge in [-0.2, -0.15) is 11.1 Å². The van der Waals surface area contributed by atoms with Crippen LogP contribution in [0, 0.1) is 12.0 Å². The van der Waals surface area contributed by atoms with Crippen LogP contribution in [0.2, 0.25) is 0 Å². The van der Waals surface area contributed by atoms with Crippen LogP contribution in [0.5, 0.6) is 0 Å². The van der Waals surface area contributed by atoms with Crippen LogP contribution < -0.4 is 10.4 Å². The van der Waals surface area contributed by atoms with Crippen molar-refractivity contribution in [1.82, 2.24) is 0 Å². The van der Waals surface area contributed by atoms with Crippen LogP contribution >= 0.6 is 0 Å². The van der Waals surface area contributed by atoms with Gasteiger partial charge in [-0.15, -0.1) is 13.0 Å².